The molecule has 0 N–H and O–H groups in total. The number of benzene rings is 1. The van der Waals surface area contributed by atoms with Crippen LogP contribution in [0.5, 0.6) is 0 Å². The summed E-state index contributed by atoms with van der Waals surface area (Å²) in [5, 5.41) is 0. The molecule has 17 heavy (non-hydrogen) atoms. The first-order valence-electron chi connectivity index (χ1n) is 5.86. The summed E-state index contributed by atoms with van der Waals surface area (Å²) in [5.41, 5.74) is 2.18. The number of imidazole rings is 1. The first-order chi connectivity index (χ1) is 8.15. The van der Waals surface area contributed by atoms with Gasteiger partial charge >= 0.3 is 0 Å². The average molecular weight is 316 g/mol. The summed E-state index contributed by atoms with van der Waals surface area (Å²) in [6.45, 7) is 5.44. The van der Waals surface area contributed by atoms with Gasteiger partial charge in [0, 0.05) is 11.0 Å². The van der Waals surface area contributed by atoms with E-state index in [2.05, 4.69) is 51.5 Å². The molecule has 1 heterocycles. The van der Waals surface area contributed by atoms with Crippen LogP contribution < -0.4 is 0 Å². The van der Waals surface area contributed by atoms with Gasteiger partial charge in [0.1, 0.15) is 5.82 Å². The van der Waals surface area contributed by atoms with Crippen molar-refractivity contribution in [2.24, 2.45) is 5.92 Å². The van der Waals surface area contributed by atoms with Gasteiger partial charge in [0.15, 0.2) is 0 Å². The van der Waals surface area contributed by atoms with Crippen molar-refractivity contribution in [2.75, 3.05) is 0 Å². The molecule has 92 valence electrons. The first kappa shape index (κ1) is 12.9. The molecule has 0 aliphatic rings. The molecule has 0 radical (unpaired) electrons. The minimum Gasteiger partial charge on any atom is -0.327 e. The number of hydrogen-bond acceptors (Lipinski definition) is 1. The van der Waals surface area contributed by atoms with Crippen LogP contribution in [0.1, 0.15) is 26.1 Å². The van der Waals surface area contributed by atoms with Gasteiger partial charge in [-0.1, -0.05) is 36.2 Å². The number of hydrogen-bond donors (Lipinski definition) is 0. The highest BCUT2D eigenvalue weighted by Crippen LogP contribution is 2.23. The molecule has 0 aliphatic heterocycles. The smallest absolute Gasteiger partial charge is 0.124 e. The van der Waals surface area contributed by atoms with Crippen molar-refractivity contribution < 1.29 is 0 Å². The molecule has 1 aromatic carbocycles. The van der Waals surface area contributed by atoms with E-state index in [0.29, 0.717) is 11.8 Å². The average Bonchev–Trinajstić information content (AvgIpc) is 2.66. The summed E-state index contributed by atoms with van der Waals surface area (Å²) in [5.74, 6) is 2.06. The van der Waals surface area contributed by atoms with Crippen LogP contribution in [0.15, 0.2) is 22.7 Å². The normalized spacial score (nSPS) is 13.2. The Labute approximate surface area is 115 Å². The Morgan fingerprint density at radius 3 is 2.88 bits per heavy atom. The van der Waals surface area contributed by atoms with Gasteiger partial charge in [-0.15, -0.1) is 11.6 Å². The van der Waals surface area contributed by atoms with Gasteiger partial charge in [-0.05, 0) is 24.1 Å². The van der Waals surface area contributed by atoms with Gasteiger partial charge in [0.25, 0.3) is 0 Å². The fraction of sp³-hybridized carbons (Fsp3) is 0.462. The summed E-state index contributed by atoms with van der Waals surface area (Å²) >= 11 is 9.45. The van der Waals surface area contributed by atoms with Crippen molar-refractivity contribution in [3.63, 3.8) is 0 Å². The maximum absolute atomic E-state index is 5.97. The first-order valence-corrected chi connectivity index (χ1v) is 7.19. The lowest BCUT2D eigenvalue weighted by Crippen LogP contribution is -2.09. The van der Waals surface area contributed by atoms with Gasteiger partial charge in [-0.3, -0.25) is 0 Å². The van der Waals surface area contributed by atoms with Crippen LogP contribution in [0.2, 0.25) is 0 Å². The fourth-order valence-electron chi connectivity index (χ4n) is 1.90. The van der Waals surface area contributed by atoms with E-state index in [-0.39, 0.29) is 0 Å². The highest BCUT2D eigenvalue weighted by Gasteiger charge is 2.12. The summed E-state index contributed by atoms with van der Waals surface area (Å²) in [6.07, 6.45) is 1.16. The molecular weight excluding hydrogens is 300 g/mol. The molecule has 2 rings (SSSR count). The van der Waals surface area contributed by atoms with Crippen LogP contribution in [-0.4, -0.2) is 9.55 Å². The minimum absolute atomic E-state index is 0.461. The zero-order valence-electron chi connectivity index (χ0n) is 10.1. The molecule has 2 aromatic rings. The third-order valence-corrected chi connectivity index (χ3v) is 3.83. The number of fused-ring (bicyclic) bond motifs is 1. The number of rotatable bonds is 4. The van der Waals surface area contributed by atoms with Crippen LogP contribution in [0.25, 0.3) is 11.0 Å². The largest absolute Gasteiger partial charge is 0.327 e. The Balaban J connectivity index is 2.50. The fourth-order valence-corrected chi connectivity index (χ4v) is 2.45. The van der Waals surface area contributed by atoms with Crippen molar-refractivity contribution in [1.82, 2.24) is 9.55 Å². The standard InChI is InChI=1S/C13H16BrClN2/c1-3-9(2)8-17-12-5-4-10(14)6-11(12)16-13(17)7-15/h4-6,9H,3,7-8H2,1-2H3. The predicted octanol–water partition coefficient (Wildman–Crippen LogP) is 4.58. The number of halogens is 2. The Morgan fingerprint density at radius 2 is 2.24 bits per heavy atom. The van der Waals surface area contributed by atoms with Crippen LogP contribution in [0.4, 0.5) is 0 Å². The number of nitrogens with zero attached hydrogens (tertiary/aromatic N) is 2. The Kier molecular flexibility index (Phi) is 4.10. The molecule has 0 saturated heterocycles. The molecule has 4 heteroatoms. The van der Waals surface area contributed by atoms with Crippen molar-refractivity contribution in [3.8, 4) is 0 Å². The Bertz CT molecular complexity index is 521. The van der Waals surface area contributed by atoms with Gasteiger partial charge < -0.3 is 4.57 Å². The van der Waals surface area contributed by atoms with Crippen molar-refractivity contribution >= 4 is 38.6 Å². The topological polar surface area (TPSA) is 17.8 Å². The van der Waals surface area contributed by atoms with Crippen molar-refractivity contribution in [3.05, 3.63) is 28.5 Å². The van der Waals surface area contributed by atoms with E-state index < -0.39 is 0 Å². The van der Waals surface area contributed by atoms with Gasteiger partial charge in [0.2, 0.25) is 0 Å². The monoisotopic (exact) mass is 314 g/mol. The highest BCUT2D eigenvalue weighted by atomic mass is 79.9. The molecule has 1 unspecified atom stereocenters. The molecular formula is C13H16BrClN2. The van der Waals surface area contributed by atoms with E-state index in [1.807, 2.05) is 6.07 Å². The predicted molar refractivity (Wildman–Crippen MR) is 76.4 cm³/mol. The molecule has 1 atom stereocenters. The second-order valence-corrected chi connectivity index (χ2v) is 5.60. The zero-order chi connectivity index (χ0) is 12.4. The molecule has 0 spiro atoms. The SMILES string of the molecule is CCC(C)Cn1c(CCl)nc2cc(Br)ccc21. The minimum atomic E-state index is 0.461. The van der Waals surface area contributed by atoms with Gasteiger partial charge in [0.05, 0.1) is 16.9 Å². The Hall–Kier alpha value is -0.540. The van der Waals surface area contributed by atoms with Crippen LogP contribution in [0.3, 0.4) is 0 Å². The molecule has 2 nitrogen and oxygen atoms in total. The lowest BCUT2D eigenvalue weighted by molar-refractivity contribution is 0.469. The number of aromatic nitrogens is 2. The maximum Gasteiger partial charge on any atom is 0.124 e. The quantitative estimate of drug-likeness (QED) is 0.755. The van der Waals surface area contributed by atoms with Crippen LogP contribution in [0, 0.1) is 5.92 Å². The van der Waals surface area contributed by atoms with Crippen LogP contribution >= 0.6 is 27.5 Å². The third-order valence-electron chi connectivity index (χ3n) is 3.10. The van der Waals surface area contributed by atoms with E-state index >= 15 is 0 Å². The molecule has 0 bridgehead atoms. The van der Waals surface area contributed by atoms with Crippen LogP contribution in [-0.2, 0) is 12.4 Å². The lowest BCUT2D eigenvalue weighted by atomic mass is 10.1. The number of alkyl halides is 1. The van der Waals surface area contributed by atoms with E-state index in [9.17, 15) is 0 Å². The zero-order valence-corrected chi connectivity index (χ0v) is 12.4. The van der Waals surface area contributed by atoms with Gasteiger partial charge in [-0.25, -0.2) is 4.98 Å². The summed E-state index contributed by atoms with van der Waals surface area (Å²) < 4.78 is 3.29. The summed E-state index contributed by atoms with van der Waals surface area (Å²) in [6, 6.07) is 6.19. The summed E-state index contributed by atoms with van der Waals surface area (Å²) in [7, 11) is 0. The molecule has 0 amide bonds. The molecule has 0 saturated carbocycles. The van der Waals surface area contributed by atoms with Gasteiger partial charge in [-0.2, -0.15) is 0 Å². The lowest BCUT2D eigenvalue weighted by Gasteiger charge is -2.12. The maximum atomic E-state index is 5.97. The van der Waals surface area contributed by atoms with E-state index in [1.54, 1.807) is 0 Å². The van der Waals surface area contributed by atoms with E-state index in [1.165, 1.54) is 5.52 Å². The second-order valence-electron chi connectivity index (χ2n) is 4.42. The second kappa shape index (κ2) is 5.40. The molecule has 0 aliphatic carbocycles. The Morgan fingerprint density at radius 1 is 1.47 bits per heavy atom. The molecule has 1 aromatic heterocycles. The van der Waals surface area contributed by atoms with Crippen molar-refractivity contribution in [2.45, 2.75) is 32.7 Å². The summed E-state index contributed by atoms with van der Waals surface area (Å²) in [4.78, 5) is 4.58. The van der Waals surface area contributed by atoms with Crippen molar-refractivity contribution in [1.29, 1.82) is 0 Å². The highest BCUT2D eigenvalue weighted by molar-refractivity contribution is 9.10. The molecule has 0 fully saturated rings. The third kappa shape index (κ3) is 2.66. The van der Waals surface area contributed by atoms with E-state index in [4.69, 9.17) is 11.6 Å². The van der Waals surface area contributed by atoms with E-state index in [0.717, 1.165) is 28.8 Å².